The van der Waals surface area contributed by atoms with Gasteiger partial charge in [0.25, 0.3) is 0 Å². The molecule has 0 aliphatic rings. The van der Waals surface area contributed by atoms with Gasteiger partial charge >= 0.3 is 0 Å². The van der Waals surface area contributed by atoms with Crippen molar-refractivity contribution < 1.29 is 0 Å². The van der Waals surface area contributed by atoms with Gasteiger partial charge < -0.3 is 9.80 Å². The molecule has 0 heterocycles. The second kappa shape index (κ2) is 5.56. The summed E-state index contributed by atoms with van der Waals surface area (Å²) in [6.07, 6.45) is 1.23. The second-order valence-electron chi connectivity index (χ2n) is 3.38. The lowest BCUT2D eigenvalue weighted by Gasteiger charge is -2.27. The van der Waals surface area contributed by atoms with Crippen LogP contribution in [0.4, 0.5) is 0 Å². The molecular weight excluding hydrogens is 136 g/mol. The molecule has 0 aromatic heterocycles. The van der Waals surface area contributed by atoms with Crippen LogP contribution in [-0.4, -0.2) is 50.1 Å². The number of nitrogens with zero attached hydrogens (tertiary/aromatic N) is 2. The first-order valence-electron chi connectivity index (χ1n) is 4.46. The molecule has 0 fully saturated rings. The fourth-order valence-electron chi connectivity index (χ4n) is 1.15. The third-order valence-corrected chi connectivity index (χ3v) is 2.26. The van der Waals surface area contributed by atoms with Gasteiger partial charge in [-0.15, -0.1) is 0 Å². The van der Waals surface area contributed by atoms with E-state index in [-0.39, 0.29) is 0 Å². The van der Waals surface area contributed by atoms with Crippen molar-refractivity contribution in [2.45, 2.75) is 26.3 Å². The van der Waals surface area contributed by atoms with Gasteiger partial charge in [0.1, 0.15) is 0 Å². The van der Waals surface area contributed by atoms with Crippen molar-refractivity contribution in [1.82, 2.24) is 9.80 Å². The summed E-state index contributed by atoms with van der Waals surface area (Å²) in [5.74, 6) is 0. The Morgan fingerprint density at radius 2 is 1.64 bits per heavy atom. The number of rotatable bonds is 5. The first-order valence-corrected chi connectivity index (χ1v) is 4.46. The largest absolute Gasteiger partial charge is 0.305 e. The van der Waals surface area contributed by atoms with E-state index in [1.807, 2.05) is 0 Å². The first kappa shape index (κ1) is 10.9. The number of likely N-dealkylation sites (N-methyl/N-ethyl adjacent to an activating group) is 2. The number of hydrogen-bond donors (Lipinski definition) is 0. The van der Waals surface area contributed by atoms with E-state index in [1.54, 1.807) is 0 Å². The van der Waals surface area contributed by atoms with Crippen LogP contribution in [0.25, 0.3) is 0 Å². The Kier molecular flexibility index (Phi) is 5.51. The summed E-state index contributed by atoms with van der Waals surface area (Å²) in [7, 11) is 6.47. The monoisotopic (exact) mass is 158 g/mol. The fourth-order valence-corrected chi connectivity index (χ4v) is 1.15. The summed E-state index contributed by atoms with van der Waals surface area (Å²) in [5, 5.41) is 0. The molecule has 0 aliphatic carbocycles. The molecule has 0 saturated carbocycles. The van der Waals surface area contributed by atoms with Crippen molar-refractivity contribution in [3.8, 4) is 0 Å². The van der Waals surface area contributed by atoms with Crippen LogP contribution in [-0.2, 0) is 0 Å². The lowest BCUT2D eigenvalue weighted by molar-refractivity contribution is 0.208. The maximum absolute atomic E-state index is 2.36. The van der Waals surface area contributed by atoms with Crippen LogP contribution in [0, 0.1) is 0 Å². The van der Waals surface area contributed by atoms with Gasteiger partial charge in [-0.1, -0.05) is 13.8 Å². The minimum Gasteiger partial charge on any atom is -0.305 e. The Balaban J connectivity index is 3.68. The van der Waals surface area contributed by atoms with Crippen molar-refractivity contribution in [3.63, 3.8) is 0 Å². The average molecular weight is 158 g/mol. The Bertz CT molecular complexity index is 91.6. The molecule has 11 heavy (non-hydrogen) atoms. The van der Waals surface area contributed by atoms with E-state index in [9.17, 15) is 0 Å². The van der Waals surface area contributed by atoms with E-state index in [4.69, 9.17) is 0 Å². The van der Waals surface area contributed by atoms with Gasteiger partial charge in [0.15, 0.2) is 0 Å². The van der Waals surface area contributed by atoms with E-state index in [2.05, 4.69) is 44.8 Å². The van der Waals surface area contributed by atoms with Crippen LogP contribution in [0.3, 0.4) is 0 Å². The molecule has 0 spiro atoms. The smallest absolute Gasteiger partial charge is 0.0214 e. The lowest BCUT2D eigenvalue weighted by atomic mass is 10.2. The van der Waals surface area contributed by atoms with Gasteiger partial charge in [-0.05, 0) is 34.1 Å². The summed E-state index contributed by atoms with van der Waals surface area (Å²) < 4.78 is 0. The van der Waals surface area contributed by atoms with Gasteiger partial charge in [0.2, 0.25) is 0 Å². The van der Waals surface area contributed by atoms with Crippen LogP contribution in [0.5, 0.6) is 0 Å². The van der Waals surface area contributed by atoms with Crippen molar-refractivity contribution in [2.24, 2.45) is 0 Å². The molecule has 0 N–H and O–H groups in total. The number of hydrogen-bond acceptors (Lipinski definition) is 2. The molecule has 68 valence electrons. The highest BCUT2D eigenvalue weighted by Crippen LogP contribution is 2.00. The van der Waals surface area contributed by atoms with Crippen LogP contribution in [0.1, 0.15) is 20.3 Å². The summed E-state index contributed by atoms with van der Waals surface area (Å²) in [6.45, 7) is 6.76. The normalized spacial score (nSPS) is 14.5. The van der Waals surface area contributed by atoms with Crippen LogP contribution < -0.4 is 0 Å². The predicted molar refractivity (Wildman–Crippen MR) is 50.9 cm³/mol. The average Bonchev–Trinajstić information content (AvgIpc) is 1.99. The SMILES string of the molecule is CC[C@@H](CN(C)CC)N(C)C. The molecule has 2 heteroatoms. The van der Waals surface area contributed by atoms with Gasteiger partial charge in [-0.2, -0.15) is 0 Å². The molecule has 0 aliphatic heterocycles. The highest BCUT2D eigenvalue weighted by atomic mass is 15.2. The molecule has 0 unspecified atom stereocenters. The van der Waals surface area contributed by atoms with Gasteiger partial charge in [-0.3, -0.25) is 0 Å². The van der Waals surface area contributed by atoms with Crippen LogP contribution >= 0.6 is 0 Å². The van der Waals surface area contributed by atoms with E-state index in [0.29, 0.717) is 6.04 Å². The minimum atomic E-state index is 0.708. The Hall–Kier alpha value is -0.0800. The quantitative estimate of drug-likeness (QED) is 0.594. The third kappa shape index (κ3) is 4.38. The highest BCUT2D eigenvalue weighted by molar-refractivity contribution is 4.67. The van der Waals surface area contributed by atoms with E-state index in [1.165, 1.54) is 13.0 Å². The van der Waals surface area contributed by atoms with Gasteiger partial charge in [0.05, 0.1) is 0 Å². The molecule has 0 radical (unpaired) electrons. The van der Waals surface area contributed by atoms with Crippen molar-refractivity contribution in [2.75, 3.05) is 34.2 Å². The highest BCUT2D eigenvalue weighted by Gasteiger charge is 2.09. The standard InChI is InChI=1S/C9H22N2/c1-6-9(10(3)4)8-11(5)7-2/h9H,6-8H2,1-5H3/t9-/m0/s1. The Labute approximate surface area is 71.2 Å². The molecule has 0 amide bonds. The van der Waals surface area contributed by atoms with Gasteiger partial charge in [0, 0.05) is 12.6 Å². The van der Waals surface area contributed by atoms with E-state index in [0.717, 1.165) is 6.54 Å². The Morgan fingerprint density at radius 1 is 1.09 bits per heavy atom. The molecule has 0 aromatic carbocycles. The molecule has 0 bridgehead atoms. The first-order chi connectivity index (χ1) is 5.11. The fraction of sp³-hybridized carbons (Fsp3) is 1.00. The summed E-state index contributed by atoms with van der Waals surface area (Å²) in [4.78, 5) is 4.65. The Morgan fingerprint density at radius 3 is 1.91 bits per heavy atom. The van der Waals surface area contributed by atoms with Crippen molar-refractivity contribution in [3.05, 3.63) is 0 Å². The molecule has 0 aromatic rings. The molecule has 2 nitrogen and oxygen atoms in total. The third-order valence-electron chi connectivity index (χ3n) is 2.26. The topological polar surface area (TPSA) is 6.48 Å². The molecule has 0 saturated heterocycles. The molecule has 0 rings (SSSR count). The maximum Gasteiger partial charge on any atom is 0.0214 e. The molecular formula is C9H22N2. The molecule has 1 atom stereocenters. The van der Waals surface area contributed by atoms with E-state index >= 15 is 0 Å². The van der Waals surface area contributed by atoms with Crippen LogP contribution in [0.2, 0.25) is 0 Å². The summed E-state index contributed by atoms with van der Waals surface area (Å²) >= 11 is 0. The van der Waals surface area contributed by atoms with E-state index < -0.39 is 0 Å². The summed E-state index contributed by atoms with van der Waals surface area (Å²) in [6, 6.07) is 0.708. The minimum absolute atomic E-state index is 0.708. The maximum atomic E-state index is 2.36. The van der Waals surface area contributed by atoms with Crippen molar-refractivity contribution in [1.29, 1.82) is 0 Å². The van der Waals surface area contributed by atoms with Gasteiger partial charge in [-0.25, -0.2) is 0 Å². The zero-order valence-electron chi connectivity index (χ0n) is 8.59. The van der Waals surface area contributed by atoms with Crippen LogP contribution in [0.15, 0.2) is 0 Å². The second-order valence-corrected chi connectivity index (χ2v) is 3.38. The van der Waals surface area contributed by atoms with Crippen molar-refractivity contribution >= 4 is 0 Å². The predicted octanol–water partition coefficient (Wildman–Crippen LogP) is 1.28. The summed E-state index contributed by atoms with van der Waals surface area (Å²) in [5.41, 5.74) is 0. The zero-order chi connectivity index (χ0) is 8.85. The zero-order valence-corrected chi connectivity index (χ0v) is 8.59. The lowest BCUT2D eigenvalue weighted by Crippen LogP contribution is -2.38.